The van der Waals surface area contributed by atoms with Crippen LogP contribution in [0.2, 0.25) is 0 Å². The van der Waals surface area contributed by atoms with Crippen LogP contribution in [0.25, 0.3) is 0 Å². The third kappa shape index (κ3) is 5.40. The van der Waals surface area contributed by atoms with Gasteiger partial charge in [-0.15, -0.1) is 0 Å². The van der Waals surface area contributed by atoms with Crippen molar-refractivity contribution in [1.29, 1.82) is 0 Å². The second-order valence-electron chi connectivity index (χ2n) is 6.05. The quantitative estimate of drug-likeness (QED) is 0.491. The zero-order valence-corrected chi connectivity index (χ0v) is 17.4. The first-order valence-corrected chi connectivity index (χ1v) is 10.1. The normalized spacial score (nSPS) is 12.3. The van der Waals surface area contributed by atoms with Crippen LogP contribution < -0.4 is 24.2 Å². The third-order valence-electron chi connectivity index (χ3n) is 4.09. The lowest BCUT2D eigenvalue weighted by molar-refractivity contribution is 0.0827. The molecule has 1 amide bonds. The van der Waals surface area contributed by atoms with Gasteiger partial charge in [0.05, 0.1) is 14.2 Å². The smallest absolute Gasteiger partial charge is 0.268 e. The molecule has 0 aliphatic rings. The van der Waals surface area contributed by atoms with Gasteiger partial charge in [0.2, 0.25) is 15.8 Å². The number of nitrogens with one attached hydrogen (secondary N) is 2. The molecule has 2 rings (SSSR count). The molecule has 1 aromatic carbocycles. The lowest BCUT2D eigenvalue weighted by Gasteiger charge is -2.17. The van der Waals surface area contributed by atoms with Crippen molar-refractivity contribution in [3.63, 3.8) is 0 Å². The molecule has 1 unspecified atom stereocenters. The number of para-hydroxylation sites is 1. The molecule has 10 nitrogen and oxygen atoms in total. The number of hydrogen-bond acceptors (Lipinski definition) is 7. The summed E-state index contributed by atoms with van der Waals surface area (Å²) in [5, 5.41) is 12.7. The molecule has 0 saturated carbocycles. The van der Waals surface area contributed by atoms with Gasteiger partial charge in [-0.05, 0) is 25.2 Å². The highest BCUT2D eigenvalue weighted by atomic mass is 32.2. The third-order valence-corrected chi connectivity index (χ3v) is 5.47. The predicted molar refractivity (Wildman–Crippen MR) is 105 cm³/mol. The van der Waals surface area contributed by atoms with Crippen LogP contribution in [0.4, 0.5) is 0 Å². The van der Waals surface area contributed by atoms with Crippen LogP contribution in [-0.2, 0) is 17.1 Å². The SMILES string of the molecule is CNS(=O)(=O)c1cc(C(=O)NCC(O)COc2c(OC)cccc2OC)n(C)c1. The number of rotatable bonds is 10. The number of amides is 1. The Hall–Kier alpha value is -2.76. The van der Waals surface area contributed by atoms with E-state index in [1.807, 2.05) is 0 Å². The molecule has 0 spiro atoms. The van der Waals surface area contributed by atoms with Crippen LogP contribution in [0.5, 0.6) is 17.2 Å². The van der Waals surface area contributed by atoms with Crippen molar-refractivity contribution in [3.05, 3.63) is 36.2 Å². The summed E-state index contributed by atoms with van der Waals surface area (Å²) in [5.74, 6) is 0.705. The molecule has 11 heteroatoms. The van der Waals surface area contributed by atoms with Gasteiger partial charge in [-0.25, -0.2) is 13.1 Å². The molecule has 0 radical (unpaired) electrons. The molecule has 0 saturated heterocycles. The summed E-state index contributed by atoms with van der Waals surface area (Å²) in [7, 11) is 2.15. The van der Waals surface area contributed by atoms with Gasteiger partial charge in [-0.3, -0.25) is 4.79 Å². The fraction of sp³-hybridized carbons (Fsp3) is 0.389. The average Bonchev–Trinajstić information content (AvgIpc) is 3.12. The summed E-state index contributed by atoms with van der Waals surface area (Å²) >= 11 is 0. The molecular weight excluding hydrogens is 402 g/mol. The lowest BCUT2D eigenvalue weighted by Crippen LogP contribution is -2.36. The monoisotopic (exact) mass is 427 g/mol. The van der Waals surface area contributed by atoms with Gasteiger partial charge in [0.1, 0.15) is 23.3 Å². The first-order chi connectivity index (χ1) is 13.7. The molecule has 160 valence electrons. The van der Waals surface area contributed by atoms with Crippen LogP contribution >= 0.6 is 0 Å². The topological polar surface area (TPSA) is 128 Å². The van der Waals surface area contributed by atoms with E-state index < -0.39 is 22.0 Å². The molecule has 1 heterocycles. The number of methoxy groups -OCH3 is 2. The highest BCUT2D eigenvalue weighted by Crippen LogP contribution is 2.36. The molecule has 2 aromatic rings. The highest BCUT2D eigenvalue weighted by molar-refractivity contribution is 7.89. The molecular formula is C18H25N3O7S. The largest absolute Gasteiger partial charge is 0.493 e. The standard InChI is InChI=1S/C18H25N3O7S/c1-19-29(24,25)13-8-14(21(2)10-13)18(23)20-9-12(22)11-28-17-15(26-3)6-5-7-16(17)27-4/h5-8,10,12,19,22H,9,11H2,1-4H3,(H,20,23). The van der Waals surface area contributed by atoms with Gasteiger partial charge in [0, 0.05) is 19.8 Å². The van der Waals surface area contributed by atoms with Crippen LogP contribution in [0.15, 0.2) is 35.4 Å². The average molecular weight is 427 g/mol. The minimum absolute atomic E-state index is 0.0280. The van der Waals surface area contributed by atoms with Crippen molar-refractivity contribution in [2.45, 2.75) is 11.0 Å². The maximum absolute atomic E-state index is 12.3. The number of carbonyl (C=O) groups is 1. The molecule has 1 aromatic heterocycles. The van der Waals surface area contributed by atoms with Crippen molar-refractivity contribution in [2.75, 3.05) is 34.4 Å². The number of nitrogens with zero attached hydrogens (tertiary/aromatic N) is 1. The summed E-state index contributed by atoms with van der Waals surface area (Å²) < 4.78 is 43.3. The Morgan fingerprint density at radius 1 is 1.24 bits per heavy atom. The van der Waals surface area contributed by atoms with Gasteiger partial charge < -0.3 is 29.2 Å². The van der Waals surface area contributed by atoms with E-state index in [1.165, 1.54) is 38.1 Å². The summed E-state index contributed by atoms with van der Waals surface area (Å²) in [4.78, 5) is 12.3. The first-order valence-electron chi connectivity index (χ1n) is 8.63. The van der Waals surface area contributed by atoms with E-state index in [0.717, 1.165) is 0 Å². The number of ether oxygens (including phenoxy) is 3. The zero-order valence-electron chi connectivity index (χ0n) is 16.6. The Kier molecular flexibility index (Phi) is 7.48. The van der Waals surface area contributed by atoms with E-state index >= 15 is 0 Å². The second kappa shape index (κ2) is 9.63. The number of aryl methyl sites for hydroxylation is 1. The van der Waals surface area contributed by atoms with E-state index in [1.54, 1.807) is 25.2 Å². The van der Waals surface area contributed by atoms with E-state index in [2.05, 4.69) is 10.0 Å². The molecule has 1 atom stereocenters. The lowest BCUT2D eigenvalue weighted by atomic mass is 10.3. The number of aliphatic hydroxyl groups excluding tert-OH is 1. The van der Waals surface area contributed by atoms with Crippen LogP contribution in [0, 0.1) is 0 Å². The zero-order chi connectivity index (χ0) is 21.6. The highest BCUT2D eigenvalue weighted by Gasteiger charge is 2.20. The second-order valence-corrected chi connectivity index (χ2v) is 7.93. The predicted octanol–water partition coefficient (Wildman–Crippen LogP) is 0.120. The molecule has 0 aliphatic carbocycles. The maximum Gasteiger partial charge on any atom is 0.268 e. The molecule has 29 heavy (non-hydrogen) atoms. The Balaban J connectivity index is 1.97. The van der Waals surface area contributed by atoms with Gasteiger partial charge in [0.15, 0.2) is 11.5 Å². The van der Waals surface area contributed by atoms with E-state index in [9.17, 15) is 18.3 Å². The minimum Gasteiger partial charge on any atom is -0.493 e. The van der Waals surface area contributed by atoms with Gasteiger partial charge >= 0.3 is 0 Å². The number of benzene rings is 1. The Morgan fingerprint density at radius 2 is 1.86 bits per heavy atom. The summed E-state index contributed by atoms with van der Waals surface area (Å²) in [6.07, 6.45) is 0.309. The number of hydrogen-bond donors (Lipinski definition) is 3. The molecule has 0 bridgehead atoms. The minimum atomic E-state index is -3.66. The number of aliphatic hydroxyl groups is 1. The van der Waals surface area contributed by atoms with E-state index in [4.69, 9.17) is 14.2 Å². The van der Waals surface area contributed by atoms with Gasteiger partial charge in [-0.1, -0.05) is 6.07 Å². The van der Waals surface area contributed by atoms with E-state index in [0.29, 0.717) is 17.2 Å². The number of carbonyl (C=O) groups excluding carboxylic acids is 1. The fourth-order valence-corrected chi connectivity index (χ4v) is 3.32. The van der Waals surface area contributed by atoms with Crippen LogP contribution in [-0.4, -0.2) is 64.5 Å². The van der Waals surface area contributed by atoms with Crippen LogP contribution in [0.1, 0.15) is 10.5 Å². The maximum atomic E-state index is 12.3. The molecule has 0 aliphatic heterocycles. The summed E-state index contributed by atoms with van der Waals surface area (Å²) in [6.45, 7) is -0.223. The Bertz CT molecular complexity index is 934. The van der Waals surface area contributed by atoms with Crippen molar-refractivity contribution in [2.24, 2.45) is 7.05 Å². The van der Waals surface area contributed by atoms with Gasteiger partial charge in [0.25, 0.3) is 5.91 Å². The summed E-state index contributed by atoms with van der Waals surface area (Å²) in [5.41, 5.74) is 0.137. The van der Waals surface area contributed by atoms with Crippen molar-refractivity contribution < 1.29 is 32.5 Å². The molecule has 3 N–H and O–H groups in total. The van der Waals surface area contributed by atoms with Crippen LogP contribution in [0.3, 0.4) is 0 Å². The van der Waals surface area contributed by atoms with E-state index in [-0.39, 0.29) is 23.7 Å². The molecule has 0 fully saturated rings. The van der Waals surface area contributed by atoms with Crippen molar-refractivity contribution >= 4 is 15.9 Å². The Morgan fingerprint density at radius 3 is 2.41 bits per heavy atom. The first kappa shape index (κ1) is 22.5. The summed E-state index contributed by atoms with van der Waals surface area (Å²) in [6, 6.07) is 6.38. The number of sulfonamides is 1. The number of aromatic nitrogens is 1. The Labute approximate surface area is 169 Å². The fourth-order valence-electron chi connectivity index (χ4n) is 2.52. The van der Waals surface area contributed by atoms with Crippen molar-refractivity contribution in [3.8, 4) is 17.2 Å². The van der Waals surface area contributed by atoms with Crippen molar-refractivity contribution in [1.82, 2.24) is 14.6 Å². The van der Waals surface area contributed by atoms with Gasteiger partial charge in [-0.2, -0.15) is 0 Å².